The summed E-state index contributed by atoms with van der Waals surface area (Å²) in [5.41, 5.74) is 1.84. The Bertz CT molecular complexity index is 752. The molecule has 0 saturated carbocycles. The zero-order valence-electron chi connectivity index (χ0n) is 15.5. The van der Waals surface area contributed by atoms with Gasteiger partial charge in [0.1, 0.15) is 17.3 Å². The van der Waals surface area contributed by atoms with E-state index < -0.39 is 0 Å². The molecule has 1 atom stereocenters. The predicted molar refractivity (Wildman–Crippen MR) is 98.9 cm³/mol. The third-order valence-corrected chi connectivity index (χ3v) is 4.93. The fourth-order valence-electron chi connectivity index (χ4n) is 3.53. The SMILES string of the molecule is CNC(=O)c1ccc([C@@H]2CCCCN2c2ccnc(C(C)C)n2)n1C. The molecule has 0 radical (unpaired) electrons. The van der Waals surface area contributed by atoms with E-state index in [1.807, 2.05) is 29.9 Å². The van der Waals surface area contributed by atoms with Crippen molar-refractivity contribution in [2.24, 2.45) is 7.05 Å². The molecule has 25 heavy (non-hydrogen) atoms. The molecule has 2 aromatic heterocycles. The summed E-state index contributed by atoms with van der Waals surface area (Å²) in [6, 6.07) is 6.19. The van der Waals surface area contributed by atoms with Gasteiger partial charge in [-0.2, -0.15) is 0 Å². The Morgan fingerprint density at radius 2 is 2.08 bits per heavy atom. The number of carbonyl (C=O) groups is 1. The van der Waals surface area contributed by atoms with Gasteiger partial charge in [-0.05, 0) is 37.5 Å². The number of amides is 1. The van der Waals surface area contributed by atoms with Crippen molar-refractivity contribution in [3.05, 3.63) is 41.6 Å². The van der Waals surface area contributed by atoms with Crippen LogP contribution in [0.1, 0.15) is 67.1 Å². The molecule has 1 aliphatic rings. The summed E-state index contributed by atoms with van der Waals surface area (Å²) < 4.78 is 2.01. The van der Waals surface area contributed by atoms with Crippen LogP contribution in [-0.4, -0.2) is 34.0 Å². The minimum Gasteiger partial charge on any atom is -0.354 e. The second-order valence-corrected chi connectivity index (χ2v) is 6.91. The van der Waals surface area contributed by atoms with E-state index in [0.29, 0.717) is 11.6 Å². The molecule has 1 saturated heterocycles. The van der Waals surface area contributed by atoms with Crippen molar-refractivity contribution in [2.45, 2.75) is 45.1 Å². The van der Waals surface area contributed by atoms with Crippen molar-refractivity contribution in [3.63, 3.8) is 0 Å². The highest BCUT2D eigenvalue weighted by Crippen LogP contribution is 2.35. The van der Waals surface area contributed by atoms with E-state index in [4.69, 9.17) is 4.98 Å². The molecule has 2 aromatic rings. The minimum absolute atomic E-state index is 0.0553. The van der Waals surface area contributed by atoms with Crippen molar-refractivity contribution in [3.8, 4) is 0 Å². The normalized spacial score (nSPS) is 17.8. The first-order chi connectivity index (χ1) is 12.0. The summed E-state index contributed by atoms with van der Waals surface area (Å²) in [6.45, 7) is 5.19. The van der Waals surface area contributed by atoms with E-state index in [2.05, 4.69) is 35.1 Å². The van der Waals surface area contributed by atoms with E-state index in [0.717, 1.165) is 36.7 Å². The van der Waals surface area contributed by atoms with Crippen molar-refractivity contribution < 1.29 is 4.79 Å². The van der Waals surface area contributed by atoms with E-state index in [1.54, 1.807) is 7.05 Å². The molecule has 3 heterocycles. The molecule has 0 aliphatic carbocycles. The molecule has 0 aromatic carbocycles. The molecule has 6 nitrogen and oxygen atoms in total. The molecule has 6 heteroatoms. The zero-order valence-corrected chi connectivity index (χ0v) is 15.5. The third-order valence-electron chi connectivity index (χ3n) is 4.93. The van der Waals surface area contributed by atoms with Gasteiger partial charge < -0.3 is 14.8 Å². The van der Waals surface area contributed by atoms with Crippen LogP contribution in [0.3, 0.4) is 0 Å². The monoisotopic (exact) mass is 341 g/mol. The Morgan fingerprint density at radius 1 is 1.28 bits per heavy atom. The number of hydrogen-bond acceptors (Lipinski definition) is 4. The predicted octanol–water partition coefficient (Wildman–Crippen LogP) is 3.03. The van der Waals surface area contributed by atoms with Crippen LogP contribution in [0.15, 0.2) is 24.4 Å². The fraction of sp³-hybridized carbons (Fsp3) is 0.526. The van der Waals surface area contributed by atoms with Crippen LogP contribution in [0, 0.1) is 0 Å². The van der Waals surface area contributed by atoms with E-state index >= 15 is 0 Å². The van der Waals surface area contributed by atoms with Gasteiger partial charge in [0.25, 0.3) is 5.91 Å². The number of piperidine rings is 1. The van der Waals surface area contributed by atoms with Crippen LogP contribution in [0.5, 0.6) is 0 Å². The lowest BCUT2D eigenvalue weighted by Gasteiger charge is -2.37. The quantitative estimate of drug-likeness (QED) is 0.928. The Balaban J connectivity index is 1.96. The highest BCUT2D eigenvalue weighted by molar-refractivity contribution is 5.92. The Kier molecular flexibility index (Phi) is 5.06. The van der Waals surface area contributed by atoms with Gasteiger partial charge in [0.05, 0.1) is 6.04 Å². The highest BCUT2D eigenvalue weighted by atomic mass is 16.1. The minimum atomic E-state index is -0.0553. The second kappa shape index (κ2) is 7.25. The molecule has 1 aliphatic heterocycles. The molecule has 0 spiro atoms. The smallest absolute Gasteiger partial charge is 0.267 e. The van der Waals surface area contributed by atoms with Crippen molar-refractivity contribution in [1.29, 1.82) is 0 Å². The standard InChI is InChI=1S/C19H27N5O/c1-13(2)18-21-11-10-17(22-18)24-12-6-5-7-15(24)14-8-9-16(23(14)4)19(25)20-3/h8-11,13,15H,5-7,12H2,1-4H3,(H,20,25)/t15-/m0/s1. The lowest BCUT2D eigenvalue weighted by atomic mass is 9.99. The van der Waals surface area contributed by atoms with Crippen molar-refractivity contribution in [2.75, 3.05) is 18.5 Å². The number of aromatic nitrogens is 3. The van der Waals surface area contributed by atoms with Gasteiger partial charge in [0, 0.05) is 38.4 Å². The molecule has 1 amide bonds. The van der Waals surface area contributed by atoms with Gasteiger partial charge in [-0.15, -0.1) is 0 Å². The van der Waals surface area contributed by atoms with Gasteiger partial charge in [-0.25, -0.2) is 9.97 Å². The van der Waals surface area contributed by atoms with Crippen molar-refractivity contribution >= 4 is 11.7 Å². The van der Waals surface area contributed by atoms with Crippen LogP contribution in [0.25, 0.3) is 0 Å². The highest BCUT2D eigenvalue weighted by Gasteiger charge is 2.28. The summed E-state index contributed by atoms with van der Waals surface area (Å²) >= 11 is 0. The maximum Gasteiger partial charge on any atom is 0.267 e. The Labute approximate surface area is 149 Å². The summed E-state index contributed by atoms with van der Waals surface area (Å²) in [4.78, 5) is 23.6. The van der Waals surface area contributed by atoms with Crippen LogP contribution in [0.2, 0.25) is 0 Å². The number of hydrogen-bond donors (Lipinski definition) is 1. The van der Waals surface area contributed by atoms with Gasteiger partial charge in [-0.3, -0.25) is 4.79 Å². The zero-order chi connectivity index (χ0) is 18.0. The Morgan fingerprint density at radius 3 is 2.80 bits per heavy atom. The van der Waals surface area contributed by atoms with Crippen molar-refractivity contribution in [1.82, 2.24) is 19.9 Å². The van der Waals surface area contributed by atoms with Crippen LogP contribution in [0.4, 0.5) is 5.82 Å². The van der Waals surface area contributed by atoms with E-state index in [1.165, 1.54) is 6.42 Å². The van der Waals surface area contributed by atoms with Crippen LogP contribution >= 0.6 is 0 Å². The van der Waals surface area contributed by atoms with E-state index in [9.17, 15) is 4.79 Å². The average molecular weight is 341 g/mol. The number of anilines is 1. The second-order valence-electron chi connectivity index (χ2n) is 6.91. The topological polar surface area (TPSA) is 63.1 Å². The van der Waals surface area contributed by atoms with Crippen LogP contribution < -0.4 is 10.2 Å². The maximum atomic E-state index is 12.0. The van der Waals surface area contributed by atoms with Gasteiger partial charge in [-0.1, -0.05) is 13.8 Å². The first-order valence-electron chi connectivity index (χ1n) is 9.00. The lowest BCUT2D eigenvalue weighted by Crippen LogP contribution is -2.35. The molecule has 3 rings (SSSR count). The van der Waals surface area contributed by atoms with Gasteiger partial charge in [0.2, 0.25) is 0 Å². The molecular formula is C19H27N5O. The molecule has 1 fully saturated rings. The molecular weight excluding hydrogens is 314 g/mol. The first-order valence-corrected chi connectivity index (χ1v) is 9.00. The summed E-state index contributed by atoms with van der Waals surface area (Å²) in [6.07, 6.45) is 5.25. The molecule has 1 N–H and O–H groups in total. The fourth-order valence-corrected chi connectivity index (χ4v) is 3.53. The maximum absolute atomic E-state index is 12.0. The average Bonchev–Trinajstić information content (AvgIpc) is 3.02. The third kappa shape index (κ3) is 3.38. The van der Waals surface area contributed by atoms with Crippen LogP contribution in [-0.2, 0) is 7.05 Å². The lowest BCUT2D eigenvalue weighted by molar-refractivity contribution is 0.0954. The van der Waals surface area contributed by atoms with Gasteiger partial charge in [0.15, 0.2) is 0 Å². The number of carbonyl (C=O) groups excluding carboxylic acids is 1. The van der Waals surface area contributed by atoms with Gasteiger partial charge >= 0.3 is 0 Å². The molecule has 0 bridgehead atoms. The number of nitrogens with one attached hydrogen (secondary N) is 1. The molecule has 0 unspecified atom stereocenters. The molecule has 134 valence electrons. The summed E-state index contributed by atoms with van der Waals surface area (Å²) in [7, 11) is 3.63. The summed E-state index contributed by atoms with van der Waals surface area (Å²) in [5.74, 6) is 2.10. The summed E-state index contributed by atoms with van der Waals surface area (Å²) in [5, 5.41) is 2.71. The van der Waals surface area contributed by atoms with E-state index in [-0.39, 0.29) is 11.9 Å². The Hall–Kier alpha value is -2.37. The largest absolute Gasteiger partial charge is 0.354 e. The first kappa shape index (κ1) is 17.5. The number of nitrogens with zero attached hydrogens (tertiary/aromatic N) is 4. The number of rotatable bonds is 4.